The summed E-state index contributed by atoms with van der Waals surface area (Å²) in [4.78, 5) is 25.1. The molecular weight excluding hydrogens is 487 g/mol. The van der Waals surface area contributed by atoms with Crippen molar-refractivity contribution in [1.82, 2.24) is 0 Å². The Bertz CT molecular complexity index is 1030. The van der Waals surface area contributed by atoms with Gasteiger partial charge >= 0.3 is 6.18 Å². The van der Waals surface area contributed by atoms with Crippen LogP contribution in [0.1, 0.15) is 37.0 Å². The molecule has 2 rings (SSSR count). The van der Waals surface area contributed by atoms with E-state index >= 15 is 0 Å². The van der Waals surface area contributed by atoms with Gasteiger partial charge in [-0.15, -0.1) is 0 Å². The van der Waals surface area contributed by atoms with Crippen molar-refractivity contribution in [3.05, 3.63) is 52.6 Å². The standard InChI is InChI=1S/C22H22ClF5N2O4/c1-3-12(7-8-31)20(32)29-17-10-18(34-11(2)22(26,27)28)13(9-16(17)25)21(33)30-19-14(23)5-4-6-15(19)24/h4-6,9-12,31H,3,7-8H2,1-2H3,(H,29,32)(H,30,33)/t11-,12?/m0/s1. The topological polar surface area (TPSA) is 87.7 Å². The second-order valence-corrected chi connectivity index (χ2v) is 7.69. The number of amides is 2. The van der Waals surface area contributed by atoms with Gasteiger partial charge in [0.1, 0.15) is 17.4 Å². The SMILES string of the molecule is CCC(CCO)C(=O)Nc1cc(O[C@@H](C)C(F)(F)F)c(C(=O)Nc2c(F)cccc2Cl)cc1F. The predicted octanol–water partition coefficient (Wildman–Crippen LogP) is 5.55. The lowest BCUT2D eigenvalue weighted by molar-refractivity contribution is -0.189. The van der Waals surface area contributed by atoms with Gasteiger partial charge in [-0.25, -0.2) is 8.78 Å². The van der Waals surface area contributed by atoms with Gasteiger partial charge in [-0.05, 0) is 38.0 Å². The Morgan fingerprint density at radius 2 is 1.82 bits per heavy atom. The molecule has 0 saturated heterocycles. The number of hydrogen-bond acceptors (Lipinski definition) is 4. The summed E-state index contributed by atoms with van der Waals surface area (Å²) >= 11 is 5.85. The highest BCUT2D eigenvalue weighted by molar-refractivity contribution is 6.34. The molecule has 34 heavy (non-hydrogen) atoms. The molecule has 0 aliphatic carbocycles. The van der Waals surface area contributed by atoms with Gasteiger partial charge in [-0.1, -0.05) is 24.6 Å². The van der Waals surface area contributed by atoms with E-state index in [1.165, 1.54) is 12.1 Å². The van der Waals surface area contributed by atoms with Gasteiger partial charge in [0.15, 0.2) is 6.10 Å². The van der Waals surface area contributed by atoms with Crippen molar-refractivity contribution in [3.63, 3.8) is 0 Å². The fraction of sp³-hybridized carbons (Fsp3) is 0.364. The van der Waals surface area contributed by atoms with Crippen molar-refractivity contribution in [1.29, 1.82) is 0 Å². The predicted molar refractivity (Wildman–Crippen MR) is 116 cm³/mol. The number of halogens is 6. The number of benzene rings is 2. The highest BCUT2D eigenvalue weighted by Gasteiger charge is 2.39. The largest absolute Gasteiger partial charge is 0.480 e. The lowest BCUT2D eigenvalue weighted by Crippen LogP contribution is -2.32. The molecule has 0 aliphatic heterocycles. The van der Waals surface area contributed by atoms with Gasteiger partial charge in [0, 0.05) is 18.6 Å². The van der Waals surface area contributed by atoms with Crippen LogP contribution in [-0.4, -0.2) is 35.8 Å². The molecule has 2 aromatic carbocycles. The van der Waals surface area contributed by atoms with Crippen LogP contribution in [0.15, 0.2) is 30.3 Å². The van der Waals surface area contributed by atoms with Gasteiger partial charge < -0.3 is 20.5 Å². The number of rotatable bonds is 9. The smallest absolute Gasteiger partial charge is 0.425 e. The zero-order valence-electron chi connectivity index (χ0n) is 18.1. The van der Waals surface area contributed by atoms with Crippen LogP contribution in [0.25, 0.3) is 0 Å². The zero-order valence-corrected chi connectivity index (χ0v) is 18.9. The third kappa shape index (κ3) is 6.80. The summed E-state index contributed by atoms with van der Waals surface area (Å²) in [7, 11) is 0. The number of aliphatic hydroxyl groups is 1. The van der Waals surface area contributed by atoms with E-state index in [2.05, 4.69) is 10.6 Å². The van der Waals surface area contributed by atoms with E-state index in [9.17, 15) is 31.5 Å². The Balaban J connectivity index is 2.47. The van der Waals surface area contributed by atoms with Crippen LogP contribution in [0.4, 0.5) is 33.3 Å². The minimum absolute atomic E-state index is 0.0856. The summed E-state index contributed by atoms with van der Waals surface area (Å²) < 4.78 is 72.9. The minimum atomic E-state index is -4.82. The molecule has 0 spiro atoms. The van der Waals surface area contributed by atoms with Crippen LogP contribution in [0, 0.1) is 17.6 Å². The Hall–Kier alpha value is -2.92. The third-order valence-electron chi connectivity index (χ3n) is 4.88. The van der Waals surface area contributed by atoms with Crippen molar-refractivity contribution in [2.75, 3.05) is 17.2 Å². The summed E-state index contributed by atoms with van der Waals surface area (Å²) in [6.45, 7) is 2.03. The van der Waals surface area contributed by atoms with Gasteiger partial charge in [-0.2, -0.15) is 13.2 Å². The molecule has 0 aliphatic rings. The third-order valence-corrected chi connectivity index (χ3v) is 5.19. The molecule has 0 aromatic heterocycles. The number of alkyl halides is 3. The molecular formula is C22H22ClF5N2O4. The average Bonchev–Trinajstić information content (AvgIpc) is 2.75. The van der Waals surface area contributed by atoms with Crippen LogP contribution in [0.3, 0.4) is 0 Å². The summed E-state index contributed by atoms with van der Waals surface area (Å²) in [6.07, 6.45) is -6.83. The number of carbonyl (C=O) groups is 2. The van der Waals surface area contributed by atoms with Crippen LogP contribution < -0.4 is 15.4 Å². The summed E-state index contributed by atoms with van der Waals surface area (Å²) in [5.74, 6) is -5.34. The van der Waals surface area contributed by atoms with Crippen molar-refractivity contribution >= 4 is 34.8 Å². The highest BCUT2D eigenvalue weighted by Crippen LogP contribution is 2.33. The number of ether oxygens (including phenoxy) is 1. The molecule has 1 unspecified atom stereocenters. The van der Waals surface area contributed by atoms with E-state index in [1.54, 1.807) is 6.92 Å². The van der Waals surface area contributed by atoms with E-state index in [0.717, 1.165) is 12.1 Å². The summed E-state index contributed by atoms with van der Waals surface area (Å²) in [6, 6.07) is 4.81. The molecule has 0 saturated carbocycles. The van der Waals surface area contributed by atoms with Crippen LogP contribution >= 0.6 is 11.6 Å². The molecule has 0 fully saturated rings. The van der Waals surface area contributed by atoms with Crippen LogP contribution in [-0.2, 0) is 4.79 Å². The van der Waals surface area contributed by atoms with Crippen molar-refractivity contribution in [2.45, 2.75) is 39.0 Å². The molecule has 2 atom stereocenters. The van der Waals surface area contributed by atoms with E-state index in [-0.39, 0.29) is 18.1 Å². The first kappa shape index (κ1) is 27.3. The monoisotopic (exact) mass is 508 g/mol. The van der Waals surface area contributed by atoms with Crippen molar-refractivity contribution < 1.29 is 41.4 Å². The first-order valence-corrected chi connectivity index (χ1v) is 10.5. The van der Waals surface area contributed by atoms with Crippen molar-refractivity contribution in [3.8, 4) is 5.75 Å². The Morgan fingerprint density at radius 3 is 2.38 bits per heavy atom. The Kier molecular flexibility index (Phi) is 9.22. The number of carbonyl (C=O) groups excluding carboxylic acids is 2. The number of hydrogen-bond donors (Lipinski definition) is 3. The maximum absolute atomic E-state index is 14.8. The van der Waals surface area contributed by atoms with Crippen LogP contribution in [0.2, 0.25) is 5.02 Å². The van der Waals surface area contributed by atoms with E-state index < -0.39 is 64.3 Å². The molecule has 0 bridgehead atoms. The molecule has 6 nitrogen and oxygen atoms in total. The second-order valence-electron chi connectivity index (χ2n) is 7.29. The van der Waals surface area contributed by atoms with Gasteiger partial charge in [0.05, 0.1) is 22.0 Å². The normalized spacial score (nSPS) is 13.2. The molecule has 2 amide bonds. The fourth-order valence-electron chi connectivity index (χ4n) is 2.89. The lowest BCUT2D eigenvalue weighted by Gasteiger charge is -2.21. The van der Waals surface area contributed by atoms with Crippen molar-refractivity contribution in [2.24, 2.45) is 5.92 Å². The number of anilines is 2. The molecule has 2 aromatic rings. The maximum Gasteiger partial charge on any atom is 0.425 e. The first-order valence-electron chi connectivity index (χ1n) is 10.1. The van der Waals surface area contributed by atoms with Gasteiger partial charge in [0.2, 0.25) is 5.91 Å². The van der Waals surface area contributed by atoms with E-state index in [4.69, 9.17) is 21.4 Å². The van der Waals surface area contributed by atoms with Gasteiger partial charge in [-0.3, -0.25) is 9.59 Å². The van der Waals surface area contributed by atoms with Gasteiger partial charge in [0.25, 0.3) is 5.91 Å². The highest BCUT2D eigenvalue weighted by atomic mass is 35.5. The molecule has 0 heterocycles. The number of nitrogens with one attached hydrogen (secondary N) is 2. The number of para-hydroxylation sites is 1. The summed E-state index contributed by atoms with van der Waals surface area (Å²) in [5.41, 5.74) is -1.68. The summed E-state index contributed by atoms with van der Waals surface area (Å²) in [5, 5.41) is 13.2. The molecule has 12 heteroatoms. The lowest BCUT2D eigenvalue weighted by atomic mass is 10.0. The molecule has 0 radical (unpaired) electrons. The molecule has 186 valence electrons. The maximum atomic E-state index is 14.8. The van der Waals surface area contributed by atoms with Crippen LogP contribution in [0.5, 0.6) is 5.75 Å². The zero-order chi connectivity index (χ0) is 25.6. The average molecular weight is 509 g/mol. The van der Waals surface area contributed by atoms with E-state index in [1.807, 2.05) is 0 Å². The minimum Gasteiger partial charge on any atom is -0.480 e. The molecule has 3 N–H and O–H groups in total. The van der Waals surface area contributed by atoms with E-state index in [0.29, 0.717) is 19.4 Å². The Labute approximate surface area is 197 Å². The second kappa shape index (κ2) is 11.5. The fourth-order valence-corrected chi connectivity index (χ4v) is 3.10. The quantitative estimate of drug-likeness (QED) is 0.388. The number of aliphatic hydroxyl groups excluding tert-OH is 1. The Morgan fingerprint density at radius 1 is 1.15 bits per heavy atom. The first-order chi connectivity index (χ1) is 15.9.